The van der Waals surface area contributed by atoms with E-state index in [-0.39, 0.29) is 0 Å². The summed E-state index contributed by atoms with van der Waals surface area (Å²) in [5.74, 6) is 1.69. The fourth-order valence-corrected chi connectivity index (χ4v) is 1.38. The Morgan fingerprint density at radius 1 is 1.25 bits per heavy atom. The molecule has 0 aromatic carbocycles. The summed E-state index contributed by atoms with van der Waals surface area (Å²) < 4.78 is 0. The van der Waals surface area contributed by atoms with Crippen LogP contribution in [0.4, 0.5) is 0 Å². The van der Waals surface area contributed by atoms with Gasteiger partial charge in [0.1, 0.15) is 0 Å². The van der Waals surface area contributed by atoms with Crippen molar-refractivity contribution in [3.05, 3.63) is 12.2 Å². The van der Waals surface area contributed by atoms with E-state index in [1.807, 2.05) is 14.0 Å². The lowest BCUT2D eigenvalue weighted by atomic mass is 10.1. The molecule has 0 radical (unpaired) electrons. The van der Waals surface area contributed by atoms with Gasteiger partial charge in [-0.25, -0.2) is 0 Å². The van der Waals surface area contributed by atoms with Gasteiger partial charge >= 0.3 is 0 Å². The van der Waals surface area contributed by atoms with E-state index in [4.69, 9.17) is 0 Å². The molecule has 0 aliphatic rings. The van der Waals surface area contributed by atoms with Crippen molar-refractivity contribution in [1.82, 2.24) is 10.6 Å². The Kier molecular flexibility index (Phi) is 9.87. The lowest BCUT2D eigenvalue weighted by Crippen LogP contribution is -2.38. The predicted molar refractivity (Wildman–Crippen MR) is 72.9 cm³/mol. The van der Waals surface area contributed by atoms with Crippen LogP contribution in [-0.4, -0.2) is 26.1 Å². The Hall–Kier alpha value is -0.990. The van der Waals surface area contributed by atoms with Gasteiger partial charge in [-0.1, -0.05) is 26.0 Å². The minimum Gasteiger partial charge on any atom is -0.356 e. The van der Waals surface area contributed by atoms with Crippen LogP contribution in [0.25, 0.3) is 0 Å². The molecule has 3 nitrogen and oxygen atoms in total. The van der Waals surface area contributed by atoms with Gasteiger partial charge in [-0.05, 0) is 32.1 Å². The third-order valence-corrected chi connectivity index (χ3v) is 2.31. The van der Waals surface area contributed by atoms with Crippen molar-refractivity contribution in [3.8, 4) is 0 Å². The quantitative estimate of drug-likeness (QED) is 0.302. The average molecular weight is 225 g/mol. The number of nitrogens with one attached hydrogen (secondary N) is 2. The van der Waals surface area contributed by atoms with E-state index in [0.29, 0.717) is 0 Å². The second-order valence-electron chi connectivity index (χ2n) is 4.32. The van der Waals surface area contributed by atoms with E-state index in [2.05, 4.69) is 41.6 Å². The van der Waals surface area contributed by atoms with Crippen LogP contribution in [0.5, 0.6) is 0 Å². The van der Waals surface area contributed by atoms with Crippen LogP contribution in [0.2, 0.25) is 0 Å². The number of aliphatic imine (C=N–C) groups is 1. The maximum Gasteiger partial charge on any atom is 0.190 e. The third-order valence-electron chi connectivity index (χ3n) is 2.31. The Labute approximate surface area is 100 Å². The van der Waals surface area contributed by atoms with Crippen molar-refractivity contribution >= 4 is 5.96 Å². The van der Waals surface area contributed by atoms with E-state index in [1.54, 1.807) is 0 Å². The minimum absolute atomic E-state index is 0.784. The number of nitrogens with zero attached hydrogens (tertiary/aromatic N) is 1. The van der Waals surface area contributed by atoms with Crippen molar-refractivity contribution < 1.29 is 0 Å². The largest absolute Gasteiger partial charge is 0.356 e. The smallest absolute Gasteiger partial charge is 0.190 e. The molecule has 0 aliphatic heterocycles. The molecular weight excluding hydrogens is 198 g/mol. The van der Waals surface area contributed by atoms with Crippen LogP contribution < -0.4 is 10.6 Å². The van der Waals surface area contributed by atoms with Crippen LogP contribution in [-0.2, 0) is 0 Å². The number of rotatable bonds is 7. The molecule has 0 aliphatic carbocycles. The van der Waals surface area contributed by atoms with E-state index < -0.39 is 0 Å². The van der Waals surface area contributed by atoms with Gasteiger partial charge in [0.25, 0.3) is 0 Å². The van der Waals surface area contributed by atoms with Crippen molar-refractivity contribution in [2.75, 3.05) is 20.1 Å². The average Bonchev–Trinajstić information content (AvgIpc) is 2.26. The molecular formula is C13H27N3. The first-order valence-corrected chi connectivity index (χ1v) is 6.26. The molecule has 0 amide bonds. The fourth-order valence-electron chi connectivity index (χ4n) is 1.38. The van der Waals surface area contributed by atoms with E-state index >= 15 is 0 Å². The van der Waals surface area contributed by atoms with Gasteiger partial charge in [-0.15, -0.1) is 0 Å². The molecule has 0 saturated carbocycles. The van der Waals surface area contributed by atoms with Gasteiger partial charge in [-0.2, -0.15) is 0 Å². The van der Waals surface area contributed by atoms with E-state index in [0.717, 1.165) is 31.4 Å². The van der Waals surface area contributed by atoms with Crippen LogP contribution in [0.15, 0.2) is 17.1 Å². The molecule has 0 heterocycles. The van der Waals surface area contributed by atoms with Gasteiger partial charge in [0, 0.05) is 20.1 Å². The zero-order valence-corrected chi connectivity index (χ0v) is 11.2. The Morgan fingerprint density at radius 2 is 1.94 bits per heavy atom. The SMILES string of the molecule is CC=CCCNC(=NC)NCCCC(C)C. The van der Waals surface area contributed by atoms with Gasteiger partial charge in [0.05, 0.1) is 0 Å². The summed E-state index contributed by atoms with van der Waals surface area (Å²) in [6.45, 7) is 8.49. The van der Waals surface area contributed by atoms with Crippen LogP contribution in [0.1, 0.15) is 40.0 Å². The lowest BCUT2D eigenvalue weighted by Gasteiger charge is -2.11. The molecule has 16 heavy (non-hydrogen) atoms. The third kappa shape index (κ3) is 9.56. The summed E-state index contributed by atoms with van der Waals surface area (Å²) in [4.78, 5) is 4.17. The fraction of sp³-hybridized carbons (Fsp3) is 0.769. The molecule has 0 aromatic rings. The lowest BCUT2D eigenvalue weighted by molar-refractivity contribution is 0.549. The summed E-state index contributed by atoms with van der Waals surface area (Å²) in [6, 6.07) is 0. The Balaban J connectivity index is 3.52. The summed E-state index contributed by atoms with van der Waals surface area (Å²) in [7, 11) is 1.81. The first-order valence-electron chi connectivity index (χ1n) is 6.26. The predicted octanol–water partition coefficient (Wildman–Crippen LogP) is 2.55. The zero-order valence-electron chi connectivity index (χ0n) is 11.2. The number of hydrogen-bond acceptors (Lipinski definition) is 1. The van der Waals surface area contributed by atoms with Crippen molar-refractivity contribution in [1.29, 1.82) is 0 Å². The molecule has 3 heteroatoms. The summed E-state index contributed by atoms with van der Waals surface area (Å²) in [6.07, 6.45) is 7.73. The zero-order chi connectivity index (χ0) is 12.2. The Bertz CT molecular complexity index is 207. The molecule has 0 spiro atoms. The molecule has 2 N–H and O–H groups in total. The van der Waals surface area contributed by atoms with Gasteiger partial charge in [0.2, 0.25) is 0 Å². The monoisotopic (exact) mass is 225 g/mol. The molecule has 0 saturated heterocycles. The first-order chi connectivity index (χ1) is 7.70. The van der Waals surface area contributed by atoms with Crippen LogP contribution >= 0.6 is 0 Å². The highest BCUT2D eigenvalue weighted by Gasteiger charge is 1.96. The van der Waals surface area contributed by atoms with Crippen molar-refractivity contribution in [3.63, 3.8) is 0 Å². The maximum atomic E-state index is 4.17. The topological polar surface area (TPSA) is 36.4 Å². The summed E-state index contributed by atoms with van der Waals surface area (Å²) in [5.41, 5.74) is 0. The number of hydrogen-bond donors (Lipinski definition) is 2. The van der Waals surface area contributed by atoms with Gasteiger partial charge in [0.15, 0.2) is 5.96 Å². The maximum absolute atomic E-state index is 4.17. The molecule has 94 valence electrons. The number of guanidine groups is 1. The highest BCUT2D eigenvalue weighted by Crippen LogP contribution is 2.01. The highest BCUT2D eigenvalue weighted by molar-refractivity contribution is 5.79. The molecule has 0 fully saturated rings. The highest BCUT2D eigenvalue weighted by atomic mass is 15.2. The van der Waals surface area contributed by atoms with E-state index in [1.165, 1.54) is 12.8 Å². The van der Waals surface area contributed by atoms with E-state index in [9.17, 15) is 0 Å². The second kappa shape index (κ2) is 10.5. The first kappa shape index (κ1) is 15.0. The summed E-state index contributed by atoms with van der Waals surface area (Å²) >= 11 is 0. The van der Waals surface area contributed by atoms with Crippen molar-refractivity contribution in [2.45, 2.75) is 40.0 Å². The van der Waals surface area contributed by atoms with Gasteiger partial charge < -0.3 is 10.6 Å². The minimum atomic E-state index is 0.784. The van der Waals surface area contributed by atoms with Crippen molar-refractivity contribution in [2.24, 2.45) is 10.9 Å². The normalized spacial score (nSPS) is 12.4. The number of allylic oxidation sites excluding steroid dienone is 1. The second-order valence-corrected chi connectivity index (χ2v) is 4.32. The van der Waals surface area contributed by atoms with Gasteiger partial charge in [-0.3, -0.25) is 4.99 Å². The molecule has 0 unspecified atom stereocenters. The molecule has 0 aromatic heterocycles. The molecule has 0 bridgehead atoms. The molecule has 0 rings (SSSR count). The van der Waals surface area contributed by atoms with Crippen LogP contribution in [0, 0.1) is 5.92 Å². The Morgan fingerprint density at radius 3 is 2.50 bits per heavy atom. The van der Waals surface area contributed by atoms with Crippen LogP contribution in [0.3, 0.4) is 0 Å². The molecule has 0 atom stereocenters. The summed E-state index contributed by atoms with van der Waals surface area (Å²) in [5, 5.41) is 6.60. The standard InChI is InChI=1S/C13H27N3/c1-5-6-7-10-15-13(14-4)16-11-8-9-12(2)3/h5-6,12H,7-11H2,1-4H3,(H2,14,15,16).